The Balaban J connectivity index is 2.05. The summed E-state index contributed by atoms with van der Waals surface area (Å²) in [6.07, 6.45) is 3.58. The van der Waals surface area contributed by atoms with Crippen LogP contribution in [-0.4, -0.2) is 14.4 Å². The van der Waals surface area contributed by atoms with Crippen molar-refractivity contribution in [2.45, 2.75) is 6.92 Å². The average Bonchev–Trinajstić information content (AvgIpc) is 2.73. The molecule has 1 aromatic carbocycles. The first-order valence-corrected chi connectivity index (χ1v) is 5.61. The van der Waals surface area contributed by atoms with Gasteiger partial charge in [-0.3, -0.25) is 4.40 Å². The molecule has 0 amide bonds. The first kappa shape index (κ1) is 10.6. The molecule has 2 aromatic heterocycles. The second-order valence-electron chi connectivity index (χ2n) is 3.85. The third-order valence-electron chi connectivity index (χ3n) is 2.56. The molecule has 0 saturated heterocycles. The Morgan fingerprint density at radius 3 is 2.72 bits per heavy atom. The van der Waals surface area contributed by atoms with Gasteiger partial charge in [0.2, 0.25) is 5.78 Å². The molecule has 0 atom stereocenters. The van der Waals surface area contributed by atoms with Gasteiger partial charge >= 0.3 is 0 Å². The highest BCUT2D eigenvalue weighted by Crippen LogP contribution is 2.22. The van der Waals surface area contributed by atoms with Crippen molar-refractivity contribution >= 4 is 17.3 Å². The van der Waals surface area contributed by atoms with Gasteiger partial charge in [-0.2, -0.15) is 0 Å². The minimum Gasteiger partial charge on any atom is -0.267 e. The normalized spacial score (nSPS) is 11.4. The van der Waals surface area contributed by atoms with E-state index < -0.39 is 0 Å². The topological polar surface area (TPSA) is 54.9 Å². The summed E-state index contributed by atoms with van der Waals surface area (Å²) in [4.78, 5) is 8.49. The van der Waals surface area contributed by atoms with Crippen molar-refractivity contribution in [3.63, 3.8) is 0 Å². The standard InChI is InChI=1S/C13H11N5/c1-10-12(17-16-11-6-3-2-4-7-11)18-9-5-8-14-13(18)15-10/h2-9H,1H3. The molecule has 2 heterocycles. The molecule has 0 aliphatic carbocycles. The van der Waals surface area contributed by atoms with Crippen LogP contribution in [0.1, 0.15) is 5.69 Å². The Hall–Kier alpha value is -2.56. The van der Waals surface area contributed by atoms with Gasteiger partial charge in [-0.05, 0) is 25.1 Å². The van der Waals surface area contributed by atoms with Crippen LogP contribution >= 0.6 is 0 Å². The molecule has 0 radical (unpaired) electrons. The zero-order valence-electron chi connectivity index (χ0n) is 9.85. The van der Waals surface area contributed by atoms with Gasteiger partial charge in [-0.15, -0.1) is 10.2 Å². The van der Waals surface area contributed by atoms with Crippen LogP contribution in [0.5, 0.6) is 0 Å². The first-order chi connectivity index (χ1) is 8.84. The Kier molecular flexibility index (Phi) is 2.57. The number of hydrogen-bond acceptors (Lipinski definition) is 4. The Labute approximate surface area is 104 Å². The number of rotatable bonds is 2. The van der Waals surface area contributed by atoms with Gasteiger partial charge < -0.3 is 0 Å². The molecule has 0 aliphatic rings. The summed E-state index contributed by atoms with van der Waals surface area (Å²) in [5, 5.41) is 8.45. The Morgan fingerprint density at radius 2 is 1.89 bits per heavy atom. The molecule has 88 valence electrons. The highest BCUT2D eigenvalue weighted by Gasteiger charge is 2.07. The Bertz CT molecular complexity index is 700. The van der Waals surface area contributed by atoms with E-state index in [1.54, 1.807) is 6.20 Å². The van der Waals surface area contributed by atoms with Gasteiger partial charge in [0, 0.05) is 12.4 Å². The quantitative estimate of drug-likeness (QED) is 0.641. The van der Waals surface area contributed by atoms with Gasteiger partial charge in [0.25, 0.3) is 0 Å². The zero-order valence-corrected chi connectivity index (χ0v) is 9.85. The lowest BCUT2D eigenvalue weighted by Gasteiger charge is -1.94. The van der Waals surface area contributed by atoms with Crippen molar-refractivity contribution in [3.05, 3.63) is 54.5 Å². The van der Waals surface area contributed by atoms with Crippen molar-refractivity contribution in [3.8, 4) is 0 Å². The number of aromatic nitrogens is 3. The number of nitrogens with zero attached hydrogens (tertiary/aromatic N) is 5. The van der Waals surface area contributed by atoms with E-state index in [4.69, 9.17) is 0 Å². The highest BCUT2D eigenvalue weighted by molar-refractivity contribution is 5.47. The van der Waals surface area contributed by atoms with Crippen LogP contribution in [0.15, 0.2) is 59.0 Å². The fourth-order valence-electron chi connectivity index (χ4n) is 1.71. The van der Waals surface area contributed by atoms with Crippen LogP contribution < -0.4 is 0 Å². The summed E-state index contributed by atoms with van der Waals surface area (Å²) < 4.78 is 1.82. The molecule has 0 fully saturated rings. The number of aryl methyl sites for hydroxylation is 1. The highest BCUT2D eigenvalue weighted by atomic mass is 15.2. The number of benzene rings is 1. The van der Waals surface area contributed by atoms with E-state index in [2.05, 4.69) is 20.2 Å². The lowest BCUT2D eigenvalue weighted by molar-refractivity contribution is 1.07. The average molecular weight is 237 g/mol. The molecule has 5 heteroatoms. The van der Waals surface area contributed by atoms with E-state index >= 15 is 0 Å². The predicted octanol–water partition coefficient (Wildman–Crippen LogP) is 3.45. The summed E-state index contributed by atoms with van der Waals surface area (Å²) in [5.41, 5.74) is 1.63. The second-order valence-corrected chi connectivity index (χ2v) is 3.85. The lowest BCUT2D eigenvalue weighted by Crippen LogP contribution is -1.84. The summed E-state index contributed by atoms with van der Waals surface area (Å²) in [5.74, 6) is 1.35. The number of imidazole rings is 1. The van der Waals surface area contributed by atoms with Gasteiger partial charge in [-0.1, -0.05) is 18.2 Å². The fraction of sp³-hybridized carbons (Fsp3) is 0.0769. The first-order valence-electron chi connectivity index (χ1n) is 5.61. The third-order valence-corrected chi connectivity index (χ3v) is 2.56. The molecule has 3 aromatic rings. The van der Waals surface area contributed by atoms with Crippen molar-refractivity contribution in [2.75, 3.05) is 0 Å². The van der Waals surface area contributed by atoms with E-state index in [9.17, 15) is 0 Å². The van der Waals surface area contributed by atoms with E-state index in [1.165, 1.54) is 0 Å². The maximum atomic E-state index is 4.32. The summed E-state index contributed by atoms with van der Waals surface area (Å²) in [7, 11) is 0. The van der Waals surface area contributed by atoms with Gasteiger partial charge in [0.1, 0.15) is 0 Å². The third kappa shape index (κ3) is 1.86. The van der Waals surface area contributed by atoms with E-state index in [0.717, 1.165) is 11.4 Å². The van der Waals surface area contributed by atoms with Gasteiger partial charge in [-0.25, -0.2) is 9.97 Å². The SMILES string of the molecule is Cc1nc2ncccn2c1N=Nc1ccccc1. The zero-order chi connectivity index (χ0) is 12.4. The maximum absolute atomic E-state index is 4.32. The van der Waals surface area contributed by atoms with Crippen LogP contribution in [-0.2, 0) is 0 Å². The van der Waals surface area contributed by atoms with Crippen LogP contribution in [0.25, 0.3) is 5.78 Å². The monoisotopic (exact) mass is 237 g/mol. The Morgan fingerprint density at radius 1 is 1.06 bits per heavy atom. The van der Waals surface area contributed by atoms with E-state index in [1.807, 2.05) is 53.9 Å². The molecule has 0 aliphatic heterocycles. The lowest BCUT2D eigenvalue weighted by atomic mass is 10.3. The van der Waals surface area contributed by atoms with Crippen LogP contribution in [0, 0.1) is 6.92 Å². The van der Waals surface area contributed by atoms with Crippen molar-refractivity contribution in [1.82, 2.24) is 14.4 Å². The summed E-state index contributed by atoms with van der Waals surface area (Å²) in [6.45, 7) is 1.90. The molecule has 0 bridgehead atoms. The minimum absolute atomic E-state index is 0.636. The van der Waals surface area contributed by atoms with Crippen molar-refractivity contribution < 1.29 is 0 Å². The maximum Gasteiger partial charge on any atom is 0.235 e. The van der Waals surface area contributed by atoms with Crippen LogP contribution in [0.3, 0.4) is 0 Å². The fourth-order valence-corrected chi connectivity index (χ4v) is 1.71. The molecule has 5 nitrogen and oxygen atoms in total. The van der Waals surface area contributed by atoms with Crippen LogP contribution in [0.2, 0.25) is 0 Å². The van der Waals surface area contributed by atoms with Crippen molar-refractivity contribution in [1.29, 1.82) is 0 Å². The molecule has 3 rings (SSSR count). The van der Waals surface area contributed by atoms with Crippen LogP contribution in [0.4, 0.5) is 11.5 Å². The summed E-state index contributed by atoms with van der Waals surface area (Å²) >= 11 is 0. The number of hydrogen-bond donors (Lipinski definition) is 0. The molecular formula is C13H11N5. The number of azo groups is 1. The molecule has 0 spiro atoms. The molecular weight excluding hydrogens is 226 g/mol. The van der Waals surface area contributed by atoms with E-state index in [0.29, 0.717) is 11.6 Å². The van der Waals surface area contributed by atoms with Gasteiger partial charge in [0.05, 0.1) is 11.4 Å². The largest absolute Gasteiger partial charge is 0.267 e. The van der Waals surface area contributed by atoms with Gasteiger partial charge in [0.15, 0.2) is 5.82 Å². The summed E-state index contributed by atoms with van der Waals surface area (Å²) in [6, 6.07) is 11.5. The minimum atomic E-state index is 0.636. The molecule has 18 heavy (non-hydrogen) atoms. The molecule has 0 unspecified atom stereocenters. The number of fused-ring (bicyclic) bond motifs is 1. The predicted molar refractivity (Wildman–Crippen MR) is 68.3 cm³/mol. The smallest absolute Gasteiger partial charge is 0.235 e. The molecule has 0 N–H and O–H groups in total. The van der Waals surface area contributed by atoms with E-state index in [-0.39, 0.29) is 0 Å². The molecule has 0 saturated carbocycles. The second kappa shape index (κ2) is 4.37. The van der Waals surface area contributed by atoms with Crippen molar-refractivity contribution in [2.24, 2.45) is 10.2 Å².